The van der Waals surface area contributed by atoms with Gasteiger partial charge in [0.05, 0.1) is 24.0 Å². The topological polar surface area (TPSA) is 40.6 Å². The molecule has 0 saturated carbocycles. The first-order valence-electron chi connectivity index (χ1n) is 17.2. The summed E-state index contributed by atoms with van der Waals surface area (Å²) < 4.78 is 6.92. The number of allylic oxidation sites excluding steroid dienone is 3. The summed E-state index contributed by atoms with van der Waals surface area (Å²) in [7, 11) is 0. The van der Waals surface area contributed by atoms with Crippen molar-refractivity contribution >= 4 is 44.7 Å². The number of hydrogen-bond donors (Lipinski definition) is 0. The highest BCUT2D eigenvalue weighted by atomic mass is 16.5. The third-order valence-electron chi connectivity index (χ3n) is 9.66. The van der Waals surface area contributed by atoms with Crippen LogP contribution in [0.2, 0.25) is 0 Å². The molecule has 0 unspecified atom stereocenters. The van der Waals surface area contributed by atoms with E-state index in [2.05, 4.69) is 125 Å². The molecule has 0 radical (unpaired) electrons. The van der Waals surface area contributed by atoms with Gasteiger partial charge in [-0.25, -0.2) is 10.1 Å². The van der Waals surface area contributed by atoms with Crippen molar-refractivity contribution in [2.45, 2.75) is 12.0 Å². The van der Waals surface area contributed by atoms with Gasteiger partial charge in [0.1, 0.15) is 5.76 Å². The van der Waals surface area contributed by atoms with Gasteiger partial charge in [0, 0.05) is 34.0 Å². The van der Waals surface area contributed by atoms with E-state index in [1.165, 1.54) is 21.5 Å². The van der Waals surface area contributed by atoms with Gasteiger partial charge in [-0.3, -0.25) is 0 Å². The van der Waals surface area contributed by atoms with Crippen LogP contribution in [0.4, 0.5) is 17.1 Å². The Kier molecular flexibility index (Phi) is 8.64. The second kappa shape index (κ2) is 14.0. The highest BCUT2D eigenvalue weighted by Gasteiger charge is 2.40. The van der Waals surface area contributed by atoms with E-state index in [0.29, 0.717) is 17.8 Å². The van der Waals surface area contributed by atoms with Crippen molar-refractivity contribution in [3.63, 3.8) is 0 Å². The molecule has 52 heavy (non-hydrogen) atoms. The minimum absolute atomic E-state index is 0.0664. The Bertz CT molecular complexity index is 2440. The minimum Gasteiger partial charge on any atom is -0.478 e. The molecule has 4 nitrogen and oxygen atoms in total. The fourth-order valence-electron chi connectivity index (χ4n) is 7.19. The van der Waals surface area contributed by atoms with Gasteiger partial charge in [0.25, 0.3) is 5.70 Å². The summed E-state index contributed by atoms with van der Waals surface area (Å²) in [6, 6.07) is 60.6. The summed E-state index contributed by atoms with van der Waals surface area (Å²) in [5, 5.41) is 14.6. The zero-order chi connectivity index (χ0) is 35.3. The minimum atomic E-state index is -0.916. The summed E-state index contributed by atoms with van der Waals surface area (Å²) in [5.74, 6) is 0.572. The summed E-state index contributed by atoms with van der Waals surface area (Å²) in [6.45, 7) is 7.76. The fourth-order valence-corrected chi connectivity index (χ4v) is 7.19. The van der Waals surface area contributed by atoms with Crippen LogP contribution in [0.25, 0.3) is 32.5 Å². The zero-order valence-corrected chi connectivity index (χ0v) is 28.4. The van der Waals surface area contributed by atoms with E-state index < -0.39 is 5.60 Å². The molecule has 0 aromatic heterocycles. The van der Waals surface area contributed by atoms with Gasteiger partial charge in [-0.2, -0.15) is 0 Å². The molecule has 0 spiro atoms. The van der Waals surface area contributed by atoms with Gasteiger partial charge < -0.3 is 9.64 Å². The first-order chi connectivity index (χ1) is 25.7. The van der Waals surface area contributed by atoms with E-state index in [-0.39, 0.29) is 5.70 Å². The number of nitriles is 1. The Morgan fingerprint density at radius 1 is 0.635 bits per heavy atom. The molecule has 0 fully saturated rings. The molecule has 0 bridgehead atoms. The van der Waals surface area contributed by atoms with Crippen LogP contribution in [0.5, 0.6) is 0 Å². The van der Waals surface area contributed by atoms with E-state index in [4.69, 9.17) is 11.3 Å². The lowest BCUT2D eigenvalue weighted by Gasteiger charge is -2.39. The van der Waals surface area contributed by atoms with E-state index >= 15 is 0 Å². The smallest absolute Gasteiger partial charge is 0.265 e. The second-order valence-electron chi connectivity index (χ2n) is 12.7. The van der Waals surface area contributed by atoms with E-state index in [9.17, 15) is 5.26 Å². The maximum Gasteiger partial charge on any atom is 0.265 e. The highest BCUT2D eigenvalue weighted by molar-refractivity contribution is 6.04. The molecular formula is C48H33N3O. The molecule has 1 aliphatic rings. The normalized spacial score (nSPS) is 14.6. The molecular weight excluding hydrogens is 635 g/mol. The predicted octanol–water partition coefficient (Wildman–Crippen LogP) is 12.4. The van der Waals surface area contributed by atoms with E-state index in [1.807, 2.05) is 78.9 Å². The van der Waals surface area contributed by atoms with Gasteiger partial charge in [0.2, 0.25) is 0 Å². The van der Waals surface area contributed by atoms with Crippen LogP contribution in [0, 0.1) is 17.9 Å². The third-order valence-corrected chi connectivity index (χ3v) is 9.66. The van der Waals surface area contributed by atoms with Crippen molar-refractivity contribution in [2.75, 3.05) is 4.90 Å². The molecule has 0 N–H and O–H groups in total. The summed E-state index contributed by atoms with van der Waals surface area (Å²) >= 11 is 0. The highest BCUT2D eigenvalue weighted by Crippen LogP contribution is 2.46. The van der Waals surface area contributed by atoms with Crippen molar-refractivity contribution in [3.05, 3.63) is 227 Å². The maximum absolute atomic E-state index is 9.92. The average Bonchev–Trinajstić information content (AvgIpc) is 3.22. The molecule has 0 saturated heterocycles. The van der Waals surface area contributed by atoms with Gasteiger partial charge >= 0.3 is 0 Å². The lowest BCUT2D eigenvalue weighted by atomic mass is 9.79. The Balaban J connectivity index is 1.20. The largest absolute Gasteiger partial charge is 0.478 e. The van der Waals surface area contributed by atoms with Crippen LogP contribution in [-0.2, 0) is 10.3 Å². The Morgan fingerprint density at radius 2 is 1.15 bits per heavy atom. The van der Waals surface area contributed by atoms with E-state index in [1.54, 1.807) is 0 Å². The van der Waals surface area contributed by atoms with Gasteiger partial charge in [-0.1, -0.05) is 152 Å². The summed E-state index contributed by atoms with van der Waals surface area (Å²) in [4.78, 5) is 5.93. The molecule has 246 valence electrons. The van der Waals surface area contributed by atoms with Crippen LogP contribution in [0.15, 0.2) is 199 Å². The SMILES string of the molecule is [C-]#[N+]/C(C#N)=C1C=C(/C=C/c2ccc(N(c3cccc4ccccc34)c3cccc4ccccc34)cc2)OC(c2ccccc2)(c2ccccc2)C\1. The van der Waals surface area contributed by atoms with Gasteiger partial charge in [-0.15, -0.1) is 0 Å². The summed E-state index contributed by atoms with van der Waals surface area (Å²) in [5.41, 5.74) is 5.91. The second-order valence-corrected chi connectivity index (χ2v) is 12.7. The monoisotopic (exact) mass is 667 g/mol. The predicted molar refractivity (Wildman–Crippen MR) is 212 cm³/mol. The maximum atomic E-state index is 9.92. The molecule has 0 aliphatic carbocycles. The lowest BCUT2D eigenvalue weighted by Crippen LogP contribution is -2.34. The molecule has 1 aliphatic heterocycles. The number of hydrogen-bond acceptors (Lipinski definition) is 3. The molecule has 0 atom stereocenters. The molecule has 0 amide bonds. The standard InChI is InChI=1S/C48H33N3O/c1-50-45(34-49)38-32-42(52-48(33-38,39-18-4-2-5-19-39)40-20-6-3-7-21-40)31-28-35-26-29-41(30-27-35)51(46-24-12-16-36-14-8-10-22-43(36)46)47-25-13-17-37-15-9-11-23-44(37)47/h2-32H,33H2/b31-28+,45-38+. The van der Waals surface area contributed by atoms with Crippen molar-refractivity contribution < 1.29 is 4.74 Å². The lowest BCUT2D eigenvalue weighted by molar-refractivity contribution is 0.0348. The zero-order valence-electron chi connectivity index (χ0n) is 28.4. The first-order valence-corrected chi connectivity index (χ1v) is 17.2. The Morgan fingerprint density at radius 3 is 1.69 bits per heavy atom. The Hall–Kier alpha value is -7.14. The van der Waals surface area contributed by atoms with Crippen molar-refractivity contribution in [2.24, 2.45) is 0 Å². The quantitative estimate of drug-likeness (QED) is 0.125. The van der Waals surface area contributed by atoms with Gasteiger partial charge in [-0.05, 0) is 58.3 Å². The van der Waals surface area contributed by atoms with E-state index in [0.717, 1.165) is 33.8 Å². The number of rotatable bonds is 7. The number of ether oxygens (including phenoxy) is 1. The molecule has 1 heterocycles. The Labute approximate surface area is 303 Å². The molecule has 7 aromatic rings. The summed E-state index contributed by atoms with van der Waals surface area (Å²) in [6.07, 6.45) is 6.13. The van der Waals surface area contributed by atoms with Crippen LogP contribution in [0.1, 0.15) is 23.1 Å². The number of fused-ring (bicyclic) bond motifs is 2. The van der Waals surface area contributed by atoms with Crippen LogP contribution < -0.4 is 4.90 Å². The number of nitrogens with zero attached hydrogens (tertiary/aromatic N) is 3. The molecule has 8 rings (SSSR count). The van der Waals surface area contributed by atoms with Crippen LogP contribution >= 0.6 is 0 Å². The number of benzene rings is 7. The van der Waals surface area contributed by atoms with Crippen molar-refractivity contribution in [3.8, 4) is 6.07 Å². The average molecular weight is 668 g/mol. The van der Waals surface area contributed by atoms with Crippen LogP contribution in [0.3, 0.4) is 0 Å². The third kappa shape index (κ3) is 6.00. The van der Waals surface area contributed by atoms with Crippen LogP contribution in [-0.4, -0.2) is 0 Å². The first kappa shape index (κ1) is 32.1. The van der Waals surface area contributed by atoms with Crippen molar-refractivity contribution in [1.29, 1.82) is 5.26 Å². The fraction of sp³-hybridized carbons (Fsp3) is 0.0417. The molecule has 7 aromatic carbocycles. The number of anilines is 3. The molecule has 4 heteroatoms. The van der Waals surface area contributed by atoms with Crippen molar-refractivity contribution in [1.82, 2.24) is 0 Å². The van der Waals surface area contributed by atoms with Gasteiger partial charge in [0.15, 0.2) is 5.60 Å².